The van der Waals surface area contributed by atoms with E-state index in [1.165, 1.54) is 0 Å². The van der Waals surface area contributed by atoms with Crippen molar-refractivity contribution in [3.05, 3.63) is 0 Å². The number of hydroxylamine groups is 1. The Labute approximate surface area is 84.7 Å². The van der Waals surface area contributed by atoms with Gasteiger partial charge in [0, 0.05) is 14.2 Å². The minimum absolute atomic E-state index is 0.201. The van der Waals surface area contributed by atoms with E-state index < -0.39 is 5.60 Å². The number of methoxy groups -OCH3 is 2. The van der Waals surface area contributed by atoms with Gasteiger partial charge < -0.3 is 9.47 Å². The highest BCUT2D eigenvalue weighted by Crippen LogP contribution is 2.11. The predicted molar refractivity (Wildman–Crippen MR) is 51.7 cm³/mol. The number of carbonyl (C=O) groups excluding carboxylic acids is 1. The average molecular weight is 205 g/mol. The van der Waals surface area contributed by atoms with Gasteiger partial charge in [0.25, 0.3) is 0 Å². The largest absolute Gasteiger partial charge is 0.382 e. The van der Waals surface area contributed by atoms with Crippen LogP contribution < -0.4 is 5.48 Å². The highest BCUT2D eigenvalue weighted by Gasteiger charge is 2.20. The Bertz CT molecular complexity index is 170. The number of amides is 1. The second-order valence-corrected chi connectivity index (χ2v) is 3.51. The molecule has 5 heteroatoms. The number of rotatable bonds is 7. The van der Waals surface area contributed by atoms with Crippen molar-refractivity contribution in [2.75, 3.05) is 27.4 Å². The zero-order chi connectivity index (χ0) is 11.0. The Morgan fingerprint density at radius 1 is 1.29 bits per heavy atom. The summed E-state index contributed by atoms with van der Waals surface area (Å²) in [5, 5.41) is 0. The summed E-state index contributed by atoms with van der Waals surface area (Å²) in [6.45, 7) is 4.47. The molecule has 0 bridgehead atoms. The van der Waals surface area contributed by atoms with Gasteiger partial charge in [-0.05, 0) is 13.8 Å². The summed E-state index contributed by atoms with van der Waals surface area (Å²) in [5.41, 5.74) is 1.85. The lowest BCUT2D eigenvalue weighted by Crippen LogP contribution is -2.34. The molecule has 0 spiro atoms. The van der Waals surface area contributed by atoms with Crippen molar-refractivity contribution in [2.24, 2.45) is 0 Å². The fourth-order valence-electron chi connectivity index (χ4n) is 0.751. The highest BCUT2D eigenvalue weighted by molar-refractivity contribution is 5.75. The number of hydrogen-bond acceptors (Lipinski definition) is 4. The highest BCUT2D eigenvalue weighted by atomic mass is 16.7. The Balaban J connectivity index is 3.55. The third kappa shape index (κ3) is 6.82. The molecule has 14 heavy (non-hydrogen) atoms. The first kappa shape index (κ1) is 13.4. The lowest BCUT2D eigenvalue weighted by molar-refractivity contribution is -0.139. The number of ether oxygens (including phenoxy) is 2. The standard InChI is InChI=1S/C9H19NO4/c1-9(2,13-4)7-8(11)10-14-6-5-12-3/h5-7H2,1-4H3,(H,10,11). The van der Waals surface area contributed by atoms with E-state index in [1.807, 2.05) is 13.8 Å². The molecule has 0 aliphatic carbocycles. The molecule has 0 saturated carbocycles. The minimum atomic E-state index is -0.464. The molecule has 0 aliphatic rings. The Morgan fingerprint density at radius 2 is 1.93 bits per heavy atom. The van der Waals surface area contributed by atoms with Crippen molar-refractivity contribution in [3.8, 4) is 0 Å². The number of hydrogen-bond donors (Lipinski definition) is 1. The zero-order valence-electron chi connectivity index (χ0n) is 9.25. The molecule has 1 amide bonds. The van der Waals surface area contributed by atoms with Crippen LogP contribution in [0.3, 0.4) is 0 Å². The van der Waals surface area contributed by atoms with Gasteiger partial charge in [-0.2, -0.15) is 0 Å². The van der Waals surface area contributed by atoms with Gasteiger partial charge in [0.05, 0.1) is 25.2 Å². The van der Waals surface area contributed by atoms with Gasteiger partial charge in [-0.3, -0.25) is 9.63 Å². The first-order valence-corrected chi connectivity index (χ1v) is 4.46. The summed E-state index contributed by atoms with van der Waals surface area (Å²) in [5.74, 6) is -0.201. The second kappa shape index (κ2) is 6.75. The van der Waals surface area contributed by atoms with Crippen LogP contribution in [-0.2, 0) is 19.1 Å². The second-order valence-electron chi connectivity index (χ2n) is 3.51. The van der Waals surface area contributed by atoms with E-state index in [4.69, 9.17) is 14.3 Å². The van der Waals surface area contributed by atoms with Gasteiger partial charge in [0.2, 0.25) is 5.91 Å². The summed E-state index contributed by atoms with van der Waals surface area (Å²) in [4.78, 5) is 16.1. The Hall–Kier alpha value is -0.650. The lowest BCUT2D eigenvalue weighted by Gasteiger charge is -2.21. The first-order chi connectivity index (χ1) is 6.52. The number of carbonyl (C=O) groups is 1. The summed E-state index contributed by atoms with van der Waals surface area (Å²) in [6.07, 6.45) is 0.260. The molecule has 0 fully saturated rings. The van der Waals surface area contributed by atoms with E-state index in [0.29, 0.717) is 13.2 Å². The van der Waals surface area contributed by atoms with Crippen LogP contribution in [0.2, 0.25) is 0 Å². The third-order valence-corrected chi connectivity index (χ3v) is 1.71. The maximum Gasteiger partial charge on any atom is 0.246 e. The van der Waals surface area contributed by atoms with E-state index >= 15 is 0 Å². The molecule has 0 atom stereocenters. The van der Waals surface area contributed by atoms with Crippen molar-refractivity contribution in [1.82, 2.24) is 5.48 Å². The van der Waals surface area contributed by atoms with Crippen LogP contribution in [0.4, 0.5) is 0 Å². The molecule has 0 unspecified atom stereocenters. The van der Waals surface area contributed by atoms with E-state index in [-0.39, 0.29) is 12.3 Å². The van der Waals surface area contributed by atoms with Crippen LogP contribution in [0, 0.1) is 0 Å². The van der Waals surface area contributed by atoms with E-state index in [9.17, 15) is 4.79 Å². The fourth-order valence-corrected chi connectivity index (χ4v) is 0.751. The van der Waals surface area contributed by atoms with Crippen molar-refractivity contribution >= 4 is 5.91 Å². The van der Waals surface area contributed by atoms with Crippen LogP contribution >= 0.6 is 0 Å². The molecule has 0 rings (SSSR count). The molecule has 5 nitrogen and oxygen atoms in total. The topological polar surface area (TPSA) is 56.8 Å². The predicted octanol–water partition coefficient (Wildman–Crippen LogP) is 0.496. The minimum Gasteiger partial charge on any atom is -0.382 e. The van der Waals surface area contributed by atoms with Gasteiger partial charge in [-0.25, -0.2) is 5.48 Å². The molecule has 0 aromatic rings. The monoisotopic (exact) mass is 205 g/mol. The van der Waals surface area contributed by atoms with E-state index in [2.05, 4.69) is 5.48 Å². The van der Waals surface area contributed by atoms with Gasteiger partial charge in [0.15, 0.2) is 0 Å². The van der Waals surface area contributed by atoms with Crippen molar-refractivity contribution in [3.63, 3.8) is 0 Å². The molecule has 84 valence electrons. The van der Waals surface area contributed by atoms with Crippen molar-refractivity contribution < 1.29 is 19.1 Å². The van der Waals surface area contributed by atoms with Crippen LogP contribution in [0.5, 0.6) is 0 Å². The summed E-state index contributed by atoms with van der Waals surface area (Å²) >= 11 is 0. The average Bonchev–Trinajstić information content (AvgIpc) is 2.12. The van der Waals surface area contributed by atoms with Crippen LogP contribution in [0.1, 0.15) is 20.3 Å². The SMILES string of the molecule is COCCONC(=O)CC(C)(C)OC. The van der Waals surface area contributed by atoms with Gasteiger partial charge in [-0.15, -0.1) is 0 Å². The molecule has 0 heterocycles. The molecular weight excluding hydrogens is 186 g/mol. The third-order valence-electron chi connectivity index (χ3n) is 1.71. The van der Waals surface area contributed by atoms with E-state index in [0.717, 1.165) is 0 Å². The Kier molecular flexibility index (Phi) is 6.44. The van der Waals surface area contributed by atoms with Crippen LogP contribution in [0.15, 0.2) is 0 Å². The number of nitrogens with one attached hydrogen (secondary N) is 1. The Morgan fingerprint density at radius 3 is 2.43 bits per heavy atom. The smallest absolute Gasteiger partial charge is 0.246 e. The molecule has 0 aromatic heterocycles. The first-order valence-electron chi connectivity index (χ1n) is 4.46. The quantitative estimate of drug-likeness (QED) is 0.485. The van der Waals surface area contributed by atoms with Gasteiger partial charge >= 0.3 is 0 Å². The maximum absolute atomic E-state index is 11.2. The summed E-state index contributed by atoms with van der Waals surface area (Å²) in [7, 11) is 3.14. The lowest BCUT2D eigenvalue weighted by atomic mass is 10.1. The molecule has 0 aliphatic heterocycles. The van der Waals surface area contributed by atoms with Gasteiger partial charge in [-0.1, -0.05) is 0 Å². The van der Waals surface area contributed by atoms with E-state index in [1.54, 1.807) is 14.2 Å². The summed E-state index contributed by atoms with van der Waals surface area (Å²) in [6, 6.07) is 0. The summed E-state index contributed by atoms with van der Waals surface area (Å²) < 4.78 is 9.84. The van der Waals surface area contributed by atoms with Crippen molar-refractivity contribution in [1.29, 1.82) is 0 Å². The maximum atomic E-state index is 11.2. The molecule has 1 N–H and O–H groups in total. The molecule has 0 saturated heterocycles. The van der Waals surface area contributed by atoms with Crippen LogP contribution in [0.25, 0.3) is 0 Å². The van der Waals surface area contributed by atoms with Crippen LogP contribution in [-0.4, -0.2) is 38.9 Å². The molecular formula is C9H19NO4. The molecule has 0 radical (unpaired) electrons. The normalized spacial score (nSPS) is 11.4. The fraction of sp³-hybridized carbons (Fsp3) is 0.889. The van der Waals surface area contributed by atoms with Gasteiger partial charge in [0.1, 0.15) is 0 Å². The molecule has 0 aromatic carbocycles. The van der Waals surface area contributed by atoms with Crippen molar-refractivity contribution in [2.45, 2.75) is 25.9 Å². The zero-order valence-corrected chi connectivity index (χ0v) is 9.25.